The van der Waals surface area contributed by atoms with Gasteiger partial charge in [-0.15, -0.1) is 0 Å². The van der Waals surface area contributed by atoms with Crippen LogP contribution in [-0.4, -0.2) is 23.9 Å². The normalized spacial score (nSPS) is 10.2. The predicted octanol–water partition coefficient (Wildman–Crippen LogP) is 3.34. The highest BCUT2D eigenvalue weighted by Crippen LogP contribution is 2.13. The van der Waals surface area contributed by atoms with Crippen molar-refractivity contribution in [3.63, 3.8) is 0 Å². The van der Waals surface area contributed by atoms with E-state index in [1.807, 2.05) is 36.0 Å². The number of thioether (sulfide) groups is 1. The fourth-order valence-electron chi connectivity index (χ4n) is 1.49. The van der Waals surface area contributed by atoms with Crippen LogP contribution in [0.1, 0.15) is 25.8 Å². The van der Waals surface area contributed by atoms with Gasteiger partial charge in [0.25, 0.3) is 0 Å². The maximum absolute atomic E-state index is 10.9. The van der Waals surface area contributed by atoms with Crippen LogP contribution < -0.4 is 4.74 Å². The number of Topliss-reactive ketones (excluding diaryl/α,β-unsaturated/α-hetero) is 1. The smallest absolute Gasteiger partial charge is 0.134 e. The van der Waals surface area contributed by atoms with E-state index in [0.29, 0.717) is 6.42 Å². The van der Waals surface area contributed by atoms with E-state index in [4.69, 9.17) is 4.74 Å². The van der Waals surface area contributed by atoms with Gasteiger partial charge in [0.2, 0.25) is 0 Å². The lowest BCUT2D eigenvalue weighted by molar-refractivity contribution is -0.116. The zero-order valence-electron chi connectivity index (χ0n) is 10.6. The molecule has 0 aliphatic rings. The first kappa shape index (κ1) is 14.1. The van der Waals surface area contributed by atoms with E-state index in [-0.39, 0.29) is 5.78 Å². The van der Waals surface area contributed by atoms with E-state index in [2.05, 4.69) is 6.92 Å². The van der Waals surface area contributed by atoms with E-state index in [1.165, 1.54) is 5.75 Å². The summed E-state index contributed by atoms with van der Waals surface area (Å²) < 4.78 is 5.61. The minimum absolute atomic E-state index is 0.190. The predicted molar refractivity (Wildman–Crippen MR) is 73.9 cm³/mol. The SMILES string of the molecule is CCSCCCOc1ccc(CC(C)=O)cc1. The maximum Gasteiger partial charge on any atom is 0.134 e. The number of carbonyl (C=O) groups is 1. The molecular weight excluding hydrogens is 232 g/mol. The molecule has 0 saturated heterocycles. The minimum atomic E-state index is 0.190. The topological polar surface area (TPSA) is 26.3 Å². The van der Waals surface area contributed by atoms with Crippen LogP contribution in [0.4, 0.5) is 0 Å². The van der Waals surface area contributed by atoms with Crippen molar-refractivity contribution in [1.29, 1.82) is 0 Å². The van der Waals surface area contributed by atoms with Crippen molar-refractivity contribution < 1.29 is 9.53 Å². The second-order valence-corrected chi connectivity index (χ2v) is 5.32. The van der Waals surface area contributed by atoms with E-state index < -0.39 is 0 Å². The van der Waals surface area contributed by atoms with Crippen LogP contribution in [0.25, 0.3) is 0 Å². The lowest BCUT2D eigenvalue weighted by Gasteiger charge is -2.06. The lowest BCUT2D eigenvalue weighted by atomic mass is 10.1. The van der Waals surface area contributed by atoms with Crippen molar-refractivity contribution in [2.75, 3.05) is 18.1 Å². The molecule has 0 spiro atoms. The van der Waals surface area contributed by atoms with Crippen molar-refractivity contribution in [1.82, 2.24) is 0 Å². The molecule has 0 aromatic heterocycles. The summed E-state index contributed by atoms with van der Waals surface area (Å²) in [5.74, 6) is 3.40. The van der Waals surface area contributed by atoms with Crippen molar-refractivity contribution in [3.05, 3.63) is 29.8 Å². The summed E-state index contributed by atoms with van der Waals surface area (Å²) in [7, 11) is 0. The van der Waals surface area contributed by atoms with Crippen LogP contribution in [-0.2, 0) is 11.2 Å². The Bertz CT molecular complexity index is 333. The Labute approximate surface area is 108 Å². The Morgan fingerprint density at radius 3 is 2.59 bits per heavy atom. The van der Waals surface area contributed by atoms with Crippen LogP contribution >= 0.6 is 11.8 Å². The third-order valence-corrected chi connectivity index (χ3v) is 3.27. The number of ketones is 1. The molecule has 0 amide bonds. The lowest BCUT2D eigenvalue weighted by Crippen LogP contribution is -2.00. The molecule has 0 saturated carbocycles. The molecule has 0 bridgehead atoms. The average Bonchev–Trinajstić information content (AvgIpc) is 2.30. The highest BCUT2D eigenvalue weighted by Gasteiger charge is 1.98. The fraction of sp³-hybridized carbons (Fsp3) is 0.500. The summed E-state index contributed by atoms with van der Waals surface area (Å²) in [6, 6.07) is 7.78. The molecular formula is C14H20O2S. The molecule has 1 aromatic carbocycles. The first-order valence-electron chi connectivity index (χ1n) is 6.01. The molecule has 94 valence electrons. The summed E-state index contributed by atoms with van der Waals surface area (Å²) >= 11 is 1.94. The van der Waals surface area contributed by atoms with Gasteiger partial charge in [-0.25, -0.2) is 0 Å². The van der Waals surface area contributed by atoms with Gasteiger partial charge in [0, 0.05) is 6.42 Å². The number of rotatable bonds is 8. The average molecular weight is 252 g/mol. The van der Waals surface area contributed by atoms with Gasteiger partial charge >= 0.3 is 0 Å². The molecule has 2 nitrogen and oxygen atoms in total. The molecule has 17 heavy (non-hydrogen) atoms. The molecule has 0 fully saturated rings. The van der Waals surface area contributed by atoms with Gasteiger partial charge < -0.3 is 4.74 Å². The first-order valence-corrected chi connectivity index (χ1v) is 7.16. The molecule has 0 aliphatic heterocycles. The largest absolute Gasteiger partial charge is 0.494 e. The zero-order valence-corrected chi connectivity index (χ0v) is 11.4. The fourth-order valence-corrected chi connectivity index (χ4v) is 2.10. The highest BCUT2D eigenvalue weighted by molar-refractivity contribution is 7.99. The minimum Gasteiger partial charge on any atom is -0.494 e. The van der Waals surface area contributed by atoms with Crippen molar-refractivity contribution in [2.24, 2.45) is 0 Å². The summed E-state index contributed by atoms with van der Waals surface area (Å²) in [6.45, 7) is 4.54. The summed E-state index contributed by atoms with van der Waals surface area (Å²) in [5, 5.41) is 0. The highest BCUT2D eigenvalue weighted by atomic mass is 32.2. The second-order valence-electron chi connectivity index (χ2n) is 3.92. The third kappa shape index (κ3) is 6.37. The number of benzene rings is 1. The molecule has 3 heteroatoms. The summed E-state index contributed by atoms with van der Waals surface area (Å²) in [4.78, 5) is 10.9. The molecule has 0 radical (unpaired) electrons. The number of hydrogen-bond acceptors (Lipinski definition) is 3. The van der Waals surface area contributed by atoms with Crippen LogP contribution in [0.2, 0.25) is 0 Å². The first-order chi connectivity index (χ1) is 8.22. The van der Waals surface area contributed by atoms with Gasteiger partial charge in [0.1, 0.15) is 11.5 Å². The van der Waals surface area contributed by atoms with Crippen molar-refractivity contribution in [3.8, 4) is 5.75 Å². The van der Waals surface area contributed by atoms with Gasteiger partial charge in [-0.3, -0.25) is 4.79 Å². The Morgan fingerprint density at radius 2 is 2.00 bits per heavy atom. The van der Waals surface area contributed by atoms with Crippen LogP contribution in [0, 0.1) is 0 Å². The van der Waals surface area contributed by atoms with Gasteiger partial charge in [0.15, 0.2) is 0 Å². The maximum atomic E-state index is 10.9. The molecule has 1 rings (SSSR count). The molecule has 0 unspecified atom stereocenters. The second kappa shape index (κ2) is 8.18. The van der Waals surface area contributed by atoms with E-state index >= 15 is 0 Å². The zero-order chi connectivity index (χ0) is 12.5. The standard InChI is InChI=1S/C14H20O2S/c1-3-17-10-4-9-16-14-7-5-13(6-8-14)11-12(2)15/h5-8H,3-4,9-11H2,1-2H3. The van der Waals surface area contributed by atoms with Crippen molar-refractivity contribution >= 4 is 17.5 Å². The monoisotopic (exact) mass is 252 g/mol. The summed E-state index contributed by atoms with van der Waals surface area (Å²) in [6.07, 6.45) is 1.58. The third-order valence-electron chi connectivity index (χ3n) is 2.28. The van der Waals surface area contributed by atoms with E-state index in [9.17, 15) is 4.79 Å². The van der Waals surface area contributed by atoms with Crippen molar-refractivity contribution in [2.45, 2.75) is 26.7 Å². The summed E-state index contributed by atoms with van der Waals surface area (Å²) in [5.41, 5.74) is 1.05. The molecule has 0 heterocycles. The van der Waals surface area contributed by atoms with Gasteiger partial charge in [0.05, 0.1) is 6.61 Å². The molecule has 0 atom stereocenters. The van der Waals surface area contributed by atoms with Crippen LogP contribution in [0.15, 0.2) is 24.3 Å². The Morgan fingerprint density at radius 1 is 1.29 bits per heavy atom. The van der Waals surface area contributed by atoms with Crippen LogP contribution in [0.5, 0.6) is 5.75 Å². The van der Waals surface area contributed by atoms with E-state index in [1.54, 1.807) is 6.92 Å². The Hall–Kier alpha value is -0.960. The van der Waals surface area contributed by atoms with Gasteiger partial charge in [-0.2, -0.15) is 11.8 Å². The number of carbonyl (C=O) groups excluding carboxylic acids is 1. The van der Waals surface area contributed by atoms with Gasteiger partial charge in [-0.1, -0.05) is 19.1 Å². The molecule has 1 aromatic rings. The van der Waals surface area contributed by atoms with E-state index in [0.717, 1.165) is 30.1 Å². The number of hydrogen-bond donors (Lipinski definition) is 0. The quantitative estimate of drug-likeness (QED) is 0.664. The Balaban J connectivity index is 2.28. The number of ether oxygens (including phenoxy) is 1. The Kier molecular flexibility index (Phi) is 6.78. The molecule has 0 aliphatic carbocycles. The van der Waals surface area contributed by atoms with Crippen LogP contribution in [0.3, 0.4) is 0 Å². The van der Waals surface area contributed by atoms with Gasteiger partial charge in [-0.05, 0) is 42.5 Å². The molecule has 0 N–H and O–H groups in total.